The second-order valence-electron chi connectivity index (χ2n) is 7.74. The third-order valence-corrected chi connectivity index (χ3v) is 5.30. The van der Waals surface area contributed by atoms with Crippen molar-refractivity contribution in [3.63, 3.8) is 0 Å². The van der Waals surface area contributed by atoms with Crippen LogP contribution in [0.15, 0.2) is 34.7 Å². The Labute approximate surface area is 184 Å². The van der Waals surface area contributed by atoms with Gasteiger partial charge in [0.15, 0.2) is 5.76 Å². The minimum Gasteiger partial charge on any atom is -0.451 e. The van der Waals surface area contributed by atoms with Gasteiger partial charge in [-0.25, -0.2) is 14.6 Å². The van der Waals surface area contributed by atoms with Crippen molar-refractivity contribution in [2.75, 3.05) is 0 Å². The molecule has 0 atom stereocenters. The number of hydrogen-bond acceptors (Lipinski definition) is 6. The van der Waals surface area contributed by atoms with Gasteiger partial charge in [-0.1, -0.05) is 18.2 Å². The molecular formula is C23H24N6O3. The van der Waals surface area contributed by atoms with E-state index >= 15 is 0 Å². The van der Waals surface area contributed by atoms with Gasteiger partial charge in [0.05, 0.1) is 12.1 Å². The highest BCUT2D eigenvalue weighted by Crippen LogP contribution is 2.24. The fourth-order valence-corrected chi connectivity index (χ4v) is 3.71. The topological polar surface area (TPSA) is 115 Å². The summed E-state index contributed by atoms with van der Waals surface area (Å²) in [5.41, 5.74) is 10.1. The molecule has 0 saturated carbocycles. The number of nitrogens with one attached hydrogen (secondary N) is 2. The molecule has 0 unspecified atom stereocenters. The standard InChI is InChI=1S/C23H24N6O3/c1-12-10-13(2)25-23(24-12)29-16(5)18(15(4)28-29)11-20(30)26-27-22(31)21-14(3)17-8-6-7-9-19(17)32-21/h6-10H,11H2,1-5H3,(H,26,30)(H,27,31). The summed E-state index contributed by atoms with van der Waals surface area (Å²) in [5, 5.41) is 5.36. The van der Waals surface area contributed by atoms with Crippen molar-refractivity contribution in [2.45, 2.75) is 41.0 Å². The second-order valence-corrected chi connectivity index (χ2v) is 7.74. The van der Waals surface area contributed by atoms with Crippen LogP contribution >= 0.6 is 0 Å². The van der Waals surface area contributed by atoms with E-state index in [2.05, 4.69) is 25.9 Å². The predicted molar refractivity (Wildman–Crippen MR) is 118 cm³/mol. The summed E-state index contributed by atoms with van der Waals surface area (Å²) in [7, 11) is 0. The molecule has 0 bridgehead atoms. The molecule has 0 aliphatic rings. The first-order valence-corrected chi connectivity index (χ1v) is 10.2. The molecule has 0 aliphatic heterocycles. The summed E-state index contributed by atoms with van der Waals surface area (Å²) in [4.78, 5) is 33.9. The Morgan fingerprint density at radius 3 is 2.38 bits per heavy atom. The smallest absolute Gasteiger partial charge is 0.305 e. The fraction of sp³-hybridized carbons (Fsp3) is 0.261. The van der Waals surface area contributed by atoms with E-state index in [0.717, 1.165) is 28.0 Å². The molecule has 164 valence electrons. The lowest BCUT2D eigenvalue weighted by Crippen LogP contribution is -2.42. The van der Waals surface area contributed by atoms with Gasteiger partial charge < -0.3 is 4.42 Å². The molecule has 0 spiro atoms. The van der Waals surface area contributed by atoms with Crippen molar-refractivity contribution in [3.05, 3.63) is 70.0 Å². The molecule has 0 saturated heterocycles. The first-order chi connectivity index (χ1) is 15.2. The van der Waals surface area contributed by atoms with E-state index in [1.54, 1.807) is 17.7 Å². The van der Waals surface area contributed by atoms with E-state index < -0.39 is 5.91 Å². The van der Waals surface area contributed by atoms with E-state index in [9.17, 15) is 9.59 Å². The average molecular weight is 432 g/mol. The quantitative estimate of drug-likeness (QED) is 0.479. The lowest BCUT2D eigenvalue weighted by Gasteiger charge is -2.08. The number of benzene rings is 1. The largest absolute Gasteiger partial charge is 0.451 e. The van der Waals surface area contributed by atoms with Crippen molar-refractivity contribution < 1.29 is 14.0 Å². The third-order valence-electron chi connectivity index (χ3n) is 5.30. The number of rotatable bonds is 4. The van der Waals surface area contributed by atoms with Crippen molar-refractivity contribution in [1.29, 1.82) is 0 Å². The predicted octanol–water partition coefficient (Wildman–Crippen LogP) is 2.95. The maximum Gasteiger partial charge on any atom is 0.305 e. The van der Waals surface area contributed by atoms with Crippen LogP contribution in [0.4, 0.5) is 0 Å². The number of hydrazine groups is 1. The van der Waals surface area contributed by atoms with Crippen LogP contribution in [-0.2, 0) is 11.2 Å². The van der Waals surface area contributed by atoms with Crippen LogP contribution in [0.25, 0.3) is 16.9 Å². The van der Waals surface area contributed by atoms with Gasteiger partial charge in [0.2, 0.25) is 5.91 Å². The highest BCUT2D eigenvalue weighted by Gasteiger charge is 2.20. The Morgan fingerprint density at radius 2 is 1.69 bits per heavy atom. The molecule has 0 aliphatic carbocycles. The Kier molecular flexibility index (Phi) is 5.48. The van der Waals surface area contributed by atoms with Crippen LogP contribution in [0.1, 0.15) is 44.5 Å². The molecule has 0 fully saturated rings. The Morgan fingerprint density at radius 1 is 1.00 bits per heavy atom. The third kappa shape index (κ3) is 3.96. The minimum absolute atomic E-state index is 0.0435. The summed E-state index contributed by atoms with van der Waals surface area (Å²) in [6, 6.07) is 9.27. The van der Waals surface area contributed by atoms with Crippen LogP contribution in [-0.4, -0.2) is 31.6 Å². The van der Waals surface area contributed by atoms with Gasteiger partial charge >= 0.3 is 5.91 Å². The van der Waals surface area contributed by atoms with Gasteiger partial charge in [-0.2, -0.15) is 5.10 Å². The van der Waals surface area contributed by atoms with Crippen molar-refractivity contribution in [1.82, 2.24) is 30.6 Å². The molecule has 4 rings (SSSR count). The summed E-state index contributed by atoms with van der Waals surface area (Å²) in [5.74, 6) is -0.263. The molecule has 9 heteroatoms. The summed E-state index contributed by atoms with van der Waals surface area (Å²) >= 11 is 0. The van der Waals surface area contributed by atoms with E-state index in [1.165, 1.54) is 0 Å². The monoisotopic (exact) mass is 432 g/mol. The number of fused-ring (bicyclic) bond motifs is 1. The lowest BCUT2D eigenvalue weighted by atomic mass is 10.1. The highest BCUT2D eigenvalue weighted by atomic mass is 16.3. The Hall–Kier alpha value is -4.01. The van der Waals surface area contributed by atoms with E-state index in [1.807, 2.05) is 52.0 Å². The molecule has 3 heterocycles. The van der Waals surface area contributed by atoms with Crippen LogP contribution in [0, 0.1) is 34.6 Å². The molecule has 2 N–H and O–H groups in total. The van der Waals surface area contributed by atoms with Gasteiger partial charge in [-0.15, -0.1) is 0 Å². The Bertz CT molecular complexity index is 1330. The second kappa shape index (κ2) is 8.26. The number of amides is 2. The maximum atomic E-state index is 12.5. The molecular weight excluding hydrogens is 408 g/mol. The van der Waals surface area contributed by atoms with E-state index in [4.69, 9.17) is 4.42 Å². The van der Waals surface area contributed by atoms with E-state index in [-0.39, 0.29) is 18.1 Å². The van der Waals surface area contributed by atoms with E-state index in [0.29, 0.717) is 22.8 Å². The van der Waals surface area contributed by atoms with Crippen LogP contribution in [0.5, 0.6) is 0 Å². The first kappa shape index (κ1) is 21.2. The molecule has 2 amide bonds. The SMILES string of the molecule is Cc1cc(C)nc(-n2nc(C)c(CC(=O)NNC(=O)c3oc4ccccc4c3C)c2C)n1. The Balaban J connectivity index is 1.47. The number of aryl methyl sites for hydroxylation is 4. The van der Waals surface area contributed by atoms with Crippen molar-refractivity contribution in [3.8, 4) is 5.95 Å². The molecule has 32 heavy (non-hydrogen) atoms. The zero-order valence-corrected chi connectivity index (χ0v) is 18.6. The minimum atomic E-state index is -0.514. The van der Waals surface area contributed by atoms with Gasteiger partial charge in [0, 0.05) is 33.6 Å². The van der Waals surface area contributed by atoms with Crippen LogP contribution in [0.3, 0.4) is 0 Å². The van der Waals surface area contributed by atoms with Crippen LogP contribution < -0.4 is 10.9 Å². The summed E-state index contributed by atoms with van der Waals surface area (Å²) in [6.45, 7) is 9.28. The number of hydrogen-bond donors (Lipinski definition) is 2. The molecule has 0 radical (unpaired) electrons. The molecule has 4 aromatic rings. The van der Waals surface area contributed by atoms with Crippen LogP contribution in [0.2, 0.25) is 0 Å². The number of aromatic nitrogens is 4. The van der Waals surface area contributed by atoms with Gasteiger partial charge in [-0.3, -0.25) is 20.4 Å². The number of nitrogens with zero attached hydrogens (tertiary/aromatic N) is 4. The average Bonchev–Trinajstić information content (AvgIpc) is 3.23. The first-order valence-electron chi connectivity index (χ1n) is 10.2. The van der Waals surface area contributed by atoms with Gasteiger partial charge in [-0.05, 0) is 46.8 Å². The zero-order chi connectivity index (χ0) is 23.0. The number of para-hydroxylation sites is 1. The maximum absolute atomic E-state index is 12.5. The van der Waals surface area contributed by atoms with Crippen molar-refractivity contribution >= 4 is 22.8 Å². The van der Waals surface area contributed by atoms with Gasteiger partial charge in [0.1, 0.15) is 5.58 Å². The fourth-order valence-electron chi connectivity index (χ4n) is 3.71. The number of carbonyl (C=O) groups excluding carboxylic acids is 2. The molecule has 3 aromatic heterocycles. The number of furan rings is 1. The molecule has 9 nitrogen and oxygen atoms in total. The number of carbonyl (C=O) groups is 2. The highest BCUT2D eigenvalue weighted by molar-refractivity contribution is 5.99. The summed E-state index contributed by atoms with van der Waals surface area (Å²) in [6.07, 6.45) is 0.0435. The molecule has 1 aromatic carbocycles. The summed E-state index contributed by atoms with van der Waals surface area (Å²) < 4.78 is 7.26. The van der Waals surface area contributed by atoms with Gasteiger partial charge in [0.25, 0.3) is 5.95 Å². The zero-order valence-electron chi connectivity index (χ0n) is 18.6. The normalized spacial score (nSPS) is 11.0. The van der Waals surface area contributed by atoms with Crippen molar-refractivity contribution in [2.24, 2.45) is 0 Å². The lowest BCUT2D eigenvalue weighted by molar-refractivity contribution is -0.121.